The fourth-order valence-electron chi connectivity index (χ4n) is 3.63. The number of rotatable bonds is 4. The fraction of sp³-hybridized carbons (Fsp3) is 0.706. The maximum Gasteiger partial charge on any atom is 0.193 e. The molecule has 0 radical (unpaired) electrons. The van der Waals surface area contributed by atoms with Gasteiger partial charge in [-0.2, -0.15) is 0 Å². The first-order valence-electron chi connectivity index (χ1n) is 8.37. The number of hydrogen-bond donors (Lipinski definition) is 1. The highest BCUT2D eigenvalue weighted by molar-refractivity contribution is 5.80. The van der Waals surface area contributed by atoms with Gasteiger partial charge >= 0.3 is 0 Å². The summed E-state index contributed by atoms with van der Waals surface area (Å²) in [6.45, 7) is 4.66. The van der Waals surface area contributed by atoms with E-state index in [1.807, 2.05) is 19.2 Å². The molecule has 6 heteroatoms. The Morgan fingerprint density at radius 1 is 1.48 bits per heavy atom. The van der Waals surface area contributed by atoms with Crippen molar-refractivity contribution in [3.8, 4) is 0 Å². The lowest BCUT2D eigenvalue weighted by molar-refractivity contribution is 0.156. The van der Waals surface area contributed by atoms with Crippen LogP contribution in [0.3, 0.4) is 0 Å². The molecule has 2 aliphatic heterocycles. The number of ether oxygens (including phenoxy) is 1. The Bertz CT molecular complexity index is 521. The molecule has 1 spiro atoms. The molecule has 1 aromatic heterocycles. The lowest BCUT2D eigenvalue weighted by Crippen LogP contribution is -2.44. The molecule has 3 rings (SSSR count). The standard InChI is InChI=1S/C17H28N4O2/c1-18-16(21-8-6-17(12-21)7-10-22-13-17)19-11-14(20(2)3)15-5-4-9-23-15/h4-5,9,14H,6-8,10-13H2,1-3H3,(H,18,19). The summed E-state index contributed by atoms with van der Waals surface area (Å²) in [6, 6.07) is 4.15. The average molecular weight is 320 g/mol. The third-order valence-electron chi connectivity index (χ3n) is 5.08. The Kier molecular flexibility index (Phi) is 4.92. The number of nitrogens with zero attached hydrogens (tertiary/aromatic N) is 3. The maximum atomic E-state index is 5.62. The molecule has 0 amide bonds. The van der Waals surface area contributed by atoms with Gasteiger partial charge < -0.3 is 19.4 Å². The van der Waals surface area contributed by atoms with E-state index in [9.17, 15) is 0 Å². The van der Waals surface area contributed by atoms with E-state index in [4.69, 9.17) is 9.15 Å². The molecular formula is C17H28N4O2. The number of likely N-dealkylation sites (tertiary alicyclic amines) is 1. The van der Waals surface area contributed by atoms with Gasteiger partial charge in [0, 0.05) is 38.7 Å². The molecule has 2 fully saturated rings. The monoisotopic (exact) mass is 320 g/mol. The van der Waals surface area contributed by atoms with Crippen molar-refractivity contribution in [2.45, 2.75) is 18.9 Å². The highest BCUT2D eigenvalue weighted by atomic mass is 16.5. The second kappa shape index (κ2) is 6.93. The van der Waals surface area contributed by atoms with Gasteiger partial charge in [-0.15, -0.1) is 0 Å². The molecule has 128 valence electrons. The van der Waals surface area contributed by atoms with E-state index in [2.05, 4.69) is 34.2 Å². The molecule has 1 N–H and O–H groups in total. The van der Waals surface area contributed by atoms with Crippen LogP contribution in [-0.4, -0.2) is 69.8 Å². The molecule has 2 atom stereocenters. The van der Waals surface area contributed by atoms with E-state index in [0.29, 0.717) is 5.41 Å². The zero-order chi connectivity index (χ0) is 16.3. The lowest BCUT2D eigenvalue weighted by atomic mass is 9.87. The zero-order valence-corrected chi connectivity index (χ0v) is 14.4. The van der Waals surface area contributed by atoms with Gasteiger partial charge in [-0.1, -0.05) is 0 Å². The van der Waals surface area contributed by atoms with Crippen LogP contribution in [0.5, 0.6) is 0 Å². The van der Waals surface area contributed by atoms with Crippen LogP contribution < -0.4 is 5.32 Å². The topological polar surface area (TPSA) is 53.2 Å². The fourth-order valence-corrected chi connectivity index (χ4v) is 3.63. The van der Waals surface area contributed by atoms with Gasteiger partial charge in [-0.05, 0) is 39.1 Å². The Labute approximate surface area is 138 Å². The molecular weight excluding hydrogens is 292 g/mol. The van der Waals surface area contributed by atoms with Crippen LogP contribution in [0.15, 0.2) is 27.8 Å². The van der Waals surface area contributed by atoms with Gasteiger partial charge in [0.2, 0.25) is 0 Å². The largest absolute Gasteiger partial charge is 0.468 e. The normalized spacial score (nSPS) is 26.4. The molecule has 0 aliphatic carbocycles. The number of nitrogens with one attached hydrogen (secondary N) is 1. The summed E-state index contributed by atoms with van der Waals surface area (Å²) in [5.41, 5.74) is 0.347. The molecule has 0 aromatic carbocycles. The van der Waals surface area contributed by atoms with E-state index < -0.39 is 0 Å². The first kappa shape index (κ1) is 16.3. The number of aliphatic imine (C=N–C) groups is 1. The minimum Gasteiger partial charge on any atom is -0.468 e. The predicted octanol–water partition coefficient (Wildman–Crippen LogP) is 1.57. The maximum absolute atomic E-state index is 5.62. The minimum absolute atomic E-state index is 0.188. The quantitative estimate of drug-likeness (QED) is 0.674. The highest BCUT2D eigenvalue weighted by Crippen LogP contribution is 2.38. The van der Waals surface area contributed by atoms with Crippen LogP contribution in [0.1, 0.15) is 24.6 Å². The number of hydrogen-bond acceptors (Lipinski definition) is 4. The average Bonchev–Trinajstić information content (AvgIpc) is 3.27. The molecule has 2 aliphatic rings. The summed E-state index contributed by atoms with van der Waals surface area (Å²) in [5, 5.41) is 3.52. The van der Waals surface area contributed by atoms with Gasteiger partial charge in [0.05, 0.1) is 18.9 Å². The van der Waals surface area contributed by atoms with E-state index in [1.165, 1.54) is 12.8 Å². The van der Waals surface area contributed by atoms with Crippen LogP contribution in [0.4, 0.5) is 0 Å². The number of furan rings is 1. The third-order valence-corrected chi connectivity index (χ3v) is 5.08. The summed E-state index contributed by atoms with van der Waals surface area (Å²) >= 11 is 0. The molecule has 3 heterocycles. The van der Waals surface area contributed by atoms with Crippen LogP contribution in [0, 0.1) is 5.41 Å². The highest BCUT2D eigenvalue weighted by Gasteiger charge is 2.42. The lowest BCUT2D eigenvalue weighted by Gasteiger charge is -2.28. The summed E-state index contributed by atoms with van der Waals surface area (Å²) in [6.07, 6.45) is 4.10. The summed E-state index contributed by atoms with van der Waals surface area (Å²) in [5.74, 6) is 1.95. The van der Waals surface area contributed by atoms with Gasteiger partial charge in [-0.25, -0.2) is 0 Å². The first-order valence-corrected chi connectivity index (χ1v) is 8.37. The van der Waals surface area contributed by atoms with Gasteiger partial charge in [0.15, 0.2) is 5.96 Å². The van der Waals surface area contributed by atoms with Gasteiger partial charge in [-0.3, -0.25) is 9.89 Å². The first-order chi connectivity index (χ1) is 11.1. The van der Waals surface area contributed by atoms with Crippen molar-refractivity contribution in [3.63, 3.8) is 0 Å². The van der Waals surface area contributed by atoms with Crippen LogP contribution in [0.2, 0.25) is 0 Å². The number of likely N-dealkylation sites (N-methyl/N-ethyl adjacent to an activating group) is 1. The van der Waals surface area contributed by atoms with Crippen molar-refractivity contribution in [1.29, 1.82) is 0 Å². The Morgan fingerprint density at radius 3 is 2.96 bits per heavy atom. The second-order valence-corrected chi connectivity index (χ2v) is 6.90. The molecule has 6 nitrogen and oxygen atoms in total. The van der Waals surface area contributed by atoms with Crippen molar-refractivity contribution < 1.29 is 9.15 Å². The summed E-state index contributed by atoms with van der Waals surface area (Å²) in [4.78, 5) is 9.01. The number of guanidine groups is 1. The Hall–Kier alpha value is -1.53. The van der Waals surface area contributed by atoms with Crippen molar-refractivity contribution in [2.75, 3.05) is 54.0 Å². The van der Waals surface area contributed by atoms with E-state index in [-0.39, 0.29) is 6.04 Å². The molecule has 2 unspecified atom stereocenters. The molecule has 23 heavy (non-hydrogen) atoms. The smallest absolute Gasteiger partial charge is 0.193 e. The van der Waals surface area contributed by atoms with Gasteiger partial charge in [0.25, 0.3) is 0 Å². The molecule has 0 saturated carbocycles. The summed E-state index contributed by atoms with van der Waals surface area (Å²) < 4.78 is 11.2. The molecule has 0 bridgehead atoms. The Balaban J connectivity index is 1.59. The van der Waals surface area contributed by atoms with Crippen molar-refractivity contribution in [3.05, 3.63) is 24.2 Å². The third kappa shape index (κ3) is 3.53. The summed E-state index contributed by atoms with van der Waals surface area (Å²) in [7, 11) is 5.99. The van der Waals surface area contributed by atoms with Crippen molar-refractivity contribution >= 4 is 5.96 Å². The van der Waals surface area contributed by atoms with Gasteiger partial charge in [0.1, 0.15) is 5.76 Å². The van der Waals surface area contributed by atoms with E-state index in [1.54, 1.807) is 6.26 Å². The van der Waals surface area contributed by atoms with Crippen LogP contribution >= 0.6 is 0 Å². The van der Waals surface area contributed by atoms with Crippen LogP contribution in [-0.2, 0) is 4.74 Å². The predicted molar refractivity (Wildman–Crippen MR) is 90.6 cm³/mol. The van der Waals surface area contributed by atoms with Crippen molar-refractivity contribution in [1.82, 2.24) is 15.1 Å². The Morgan fingerprint density at radius 2 is 2.35 bits per heavy atom. The molecule has 2 saturated heterocycles. The molecule has 1 aromatic rings. The second-order valence-electron chi connectivity index (χ2n) is 6.90. The van der Waals surface area contributed by atoms with E-state index in [0.717, 1.165) is 44.6 Å². The van der Waals surface area contributed by atoms with E-state index >= 15 is 0 Å². The van der Waals surface area contributed by atoms with Crippen molar-refractivity contribution in [2.24, 2.45) is 10.4 Å². The SMILES string of the molecule is CN=C(NCC(c1ccco1)N(C)C)N1CCC2(CCOC2)C1. The van der Waals surface area contributed by atoms with Crippen LogP contribution in [0.25, 0.3) is 0 Å². The zero-order valence-electron chi connectivity index (χ0n) is 14.4. The minimum atomic E-state index is 0.188.